The zero-order chi connectivity index (χ0) is 13.4. The van der Waals surface area contributed by atoms with E-state index in [-0.39, 0.29) is 5.91 Å². The maximum atomic E-state index is 11.8. The second-order valence-electron chi connectivity index (χ2n) is 3.29. The minimum Gasteiger partial charge on any atom is -0.272 e. The molecule has 18 heavy (non-hydrogen) atoms. The summed E-state index contributed by atoms with van der Waals surface area (Å²) in [5.41, 5.74) is 0.605. The van der Waals surface area contributed by atoms with E-state index < -0.39 is 0 Å². The second kappa shape index (κ2) is 7.36. The lowest BCUT2D eigenvalue weighted by Gasteiger charge is -2.11. The first-order chi connectivity index (χ1) is 8.72. The molecule has 3 nitrogen and oxygen atoms in total. The molecule has 1 rings (SSSR count). The maximum Gasteiger partial charge on any atom is 0.254 e. The lowest BCUT2D eigenvalue weighted by molar-refractivity contribution is -0.126. The summed E-state index contributed by atoms with van der Waals surface area (Å²) in [6, 6.07) is 0. The van der Waals surface area contributed by atoms with Gasteiger partial charge in [-0.25, -0.2) is 0 Å². The number of hydrogen-bond donors (Lipinski definition) is 0. The van der Waals surface area contributed by atoms with E-state index in [4.69, 9.17) is 6.42 Å². The summed E-state index contributed by atoms with van der Waals surface area (Å²) in [6.45, 7) is 5.43. The largest absolute Gasteiger partial charge is 0.272 e. The molecule has 0 radical (unpaired) electrons. The van der Waals surface area contributed by atoms with Gasteiger partial charge in [-0.15, -0.1) is 6.42 Å². The molecule has 92 valence electrons. The van der Waals surface area contributed by atoms with Crippen LogP contribution in [0.2, 0.25) is 0 Å². The van der Waals surface area contributed by atoms with Gasteiger partial charge in [0.25, 0.3) is 5.91 Å². The van der Waals surface area contributed by atoms with Crippen molar-refractivity contribution in [3.05, 3.63) is 48.1 Å². The van der Waals surface area contributed by atoms with Crippen LogP contribution in [-0.2, 0) is 4.79 Å². The molecule has 4 heteroatoms. The standard InChI is InChI=1S/C14H14N2OS/c1-4-7-10-18-13-11-14(17)16(15-13)12(8-5-2)9-6-3/h2,4,6-10H,1,11H2,3H3/b9-6-,10-7-,12-8+. The average molecular weight is 258 g/mol. The first-order valence-electron chi connectivity index (χ1n) is 5.36. The monoisotopic (exact) mass is 258 g/mol. The van der Waals surface area contributed by atoms with Gasteiger partial charge in [0.05, 0.1) is 12.1 Å². The Morgan fingerprint density at radius 1 is 1.67 bits per heavy atom. The maximum absolute atomic E-state index is 11.8. The molecule has 0 spiro atoms. The molecule has 1 heterocycles. The molecule has 0 saturated carbocycles. The highest BCUT2D eigenvalue weighted by Crippen LogP contribution is 2.22. The Labute approximate surface area is 112 Å². The first-order valence-corrected chi connectivity index (χ1v) is 6.24. The van der Waals surface area contributed by atoms with E-state index in [2.05, 4.69) is 17.6 Å². The molecule has 1 aliphatic rings. The van der Waals surface area contributed by atoms with Crippen molar-refractivity contribution in [3.8, 4) is 12.3 Å². The number of terminal acetylenes is 1. The van der Waals surface area contributed by atoms with Crippen molar-refractivity contribution < 1.29 is 4.79 Å². The molecule has 0 saturated heterocycles. The SMILES string of the molecule is C#C/C=C(\C=C/C)N1N=C(S/C=C\C=C)CC1=O. The van der Waals surface area contributed by atoms with Gasteiger partial charge in [-0.3, -0.25) is 4.79 Å². The van der Waals surface area contributed by atoms with Crippen LogP contribution in [0.3, 0.4) is 0 Å². The van der Waals surface area contributed by atoms with Crippen molar-refractivity contribution in [2.45, 2.75) is 13.3 Å². The summed E-state index contributed by atoms with van der Waals surface area (Å²) in [5, 5.41) is 8.16. The highest BCUT2D eigenvalue weighted by atomic mass is 32.2. The minimum atomic E-state index is -0.0795. The molecule has 0 aromatic rings. The minimum absolute atomic E-state index is 0.0795. The van der Waals surface area contributed by atoms with Gasteiger partial charge >= 0.3 is 0 Å². The third-order valence-electron chi connectivity index (χ3n) is 1.98. The Morgan fingerprint density at radius 3 is 3.06 bits per heavy atom. The Bertz CT molecular complexity index is 492. The van der Waals surface area contributed by atoms with Crippen LogP contribution in [0.5, 0.6) is 0 Å². The number of carbonyl (C=O) groups excluding carboxylic acids is 1. The van der Waals surface area contributed by atoms with Crippen LogP contribution < -0.4 is 0 Å². The summed E-state index contributed by atoms with van der Waals surface area (Å²) < 4.78 is 0. The van der Waals surface area contributed by atoms with E-state index >= 15 is 0 Å². The summed E-state index contributed by atoms with van der Waals surface area (Å²) in [4.78, 5) is 11.8. The quantitative estimate of drug-likeness (QED) is 0.573. The molecule has 1 amide bonds. The fraction of sp³-hybridized carbons (Fsp3) is 0.143. The molecule has 0 aliphatic carbocycles. The van der Waals surface area contributed by atoms with Crippen LogP contribution in [0.1, 0.15) is 13.3 Å². The zero-order valence-corrected chi connectivity index (χ0v) is 11.0. The molecule has 0 fully saturated rings. The van der Waals surface area contributed by atoms with Crippen LogP contribution in [-0.4, -0.2) is 16.0 Å². The number of carbonyl (C=O) groups is 1. The van der Waals surface area contributed by atoms with Crippen molar-refractivity contribution in [2.24, 2.45) is 5.10 Å². The zero-order valence-electron chi connectivity index (χ0n) is 10.2. The summed E-state index contributed by atoms with van der Waals surface area (Å²) in [5.74, 6) is 2.33. The van der Waals surface area contributed by atoms with Crippen LogP contribution in [0.15, 0.2) is 53.2 Å². The number of rotatable bonds is 4. The fourth-order valence-corrected chi connectivity index (χ4v) is 1.97. The van der Waals surface area contributed by atoms with E-state index in [0.29, 0.717) is 12.1 Å². The number of thioether (sulfide) groups is 1. The summed E-state index contributed by atoms with van der Waals surface area (Å²) in [6.07, 6.45) is 14.1. The Kier molecular flexibility index (Phi) is 5.75. The van der Waals surface area contributed by atoms with Crippen molar-refractivity contribution in [3.63, 3.8) is 0 Å². The van der Waals surface area contributed by atoms with Gasteiger partial charge < -0.3 is 0 Å². The number of nitrogens with zero attached hydrogens (tertiary/aromatic N) is 2. The molecular formula is C14H14N2OS. The van der Waals surface area contributed by atoms with Crippen molar-refractivity contribution in [1.29, 1.82) is 0 Å². The fourth-order valence-electron chi connectivity index (χ4n) is 1.28. The number of allylic oxidation sites excluding steroid dienone is 5. The van der Waals surface area contributed by atoms with E-state index in [1.165, 1.54) is 22.8 Å². The molecule has 0 aromatic heterocycles. The summed E-state index contributed by atoms with van der Waals surface area (Å²) >= 11 is 1.40. The number of amides is 1. The molecule has 0 aromatic carbocycles. The van der Waals surface area contributed by atoms with E-state index in [1.54, 1.807) is 18.2 Å². The topological polar surface area (TPSA) is 32.7 Å². The van der Waals surface area contributed by atoms with Gasteiger partial charge in [0.2, 0.25) is 0 Å². The van der Waals surface area contributed by atoms with E-state index in [9.17, 15) is 4.79 Å². The van der Waals surface area contributed by atoms with Crippen molar-refractivity contribution in [2.75, 3.05) is 0 Å². The van der Waals surface area contributed by atoms with Crippen LogP contribution in [0.4, 0.5) is 0 Å². The number of hydrazone groups is 1. The molecule has 0 bridgehead atoms. The van der Waals surface area contributed by atoms with Crippen LogP contribution in [0.25, 0.3) is 0 Å². The van der Waals surface area contributed by atoms with Gasteiger partial charge in [0, 0.05) is 6.08 Å². The highest BCUT2D eigenvalue weighted by molar-refractivity contribution is 8.16. The van der Waals surface area contributed by atoms with Gasteiger partial charge in [-0.2, -0.15) is 10.1 Å². The Balaban J connectivity index is 2.86. The smallest absolute Gasteiger partial charge is 0.254 e. The second-order valence-corrected chi connectivity index (χ2v) is 4.27. The van der Waals surface area contributed by atoms with Crippen molar-refractivity contribution >= 4 is 22.7 Å². The van der Waals surface area contributed by atoms with Crippen molar-refractivity contribution in [1.82, 2.24) is 5.01 Å². The third kappa shape index (κ3) is 3.79. The van der Waals surface area contributed by atoms with Gasteiger partial charge in [-0.1, -0.05) is 42.5 Å². The average Bonchev–Trinajstić information content (AvgIpc) is 2.71. The van der Waals surface area contributed by atoms with E-state index in [1.807, 2.05) is 18.4 Å². The Hall–Kier alpha value is -1.99. The third-order valence-corrected chi connectivity index (χ3v) is 2.77. The predicted molar refractivity (Wildman–Crippen MR) is 77.6 cm³/mol. The van der Waals surface area contributed by atoms with Gasteiger partial charge in [-0.05, 0) is 18.4 Å². The van der Waals surface area contributed by atoms with Gasteiger partial charge in [0.1, 0.15) is 5.04 Å². The first kappa shape index (κ1) is 14.1. The number of hydrogen-bond acceptors (Lipinski definition) is 3. The van der Waals surface area contributed by atoms with E-state index in [0.717, 1.165) is 5.04 Å². The molecule has 0 N–H and O–H groups in total. The molecular weight excluding hydrogens is 244 g/mol. The normalized spacial score (nSPS) is 16.4. The lowest BCUT2D eigenvalue weighted by atomic mass is 10.3. The van der Waals surface area contributed by atoms with Gasteiger partial charge in [0.15, 0.2) is 0 Å². The molecule has 0 unspecified atom stereocenters. The van der Waals surface area contributed by atoms with Crippen LogP contribution in [0, 0.1) is 12.3 Å². The molecule has 0 atom stereocenters. The molecule has 1 aliphatic heterocycles. The Morgan fingerprint density at radius 2 is 2.44 bits per heavy atom. The van der Waals surface area contributed by atoms with Crippen LogP contribution >= 0.6 is 11.8 Å². The highest BCUT2D eigenvalue weighted by Gasteiger charge is 2.25. The summed E-state index contributed by atoms with van der Waals surface area (Å²) in [7, 11) is 0. The predicted octanol–water partition coefficient (Wildman–Crippen LogP) is 3.06. The lowest BCUT2D eigenvalue weighted by Crippen LogP contribution is -2.18.